The zero-order chi connectivity index (χ0) is 15.7. The van der Waals surface area contributed by atoms with Crippen LogP contribution in [0.2, 0.25) is 0 Å². The standard InChI is InChI=1S/C15H21BrN2O3/c1-2-11-10-12(16)7-8-13(11)18-15(21)17-9-5-3-4-6-14(19)20/h7-8,10H,2-6,9H2,1H3,(H,19,20)(H2,17,18,21). The number of aliphatic carboxylic acids is 1. The van der Waals surface area contributed by atoms with Gasteiger partial charge in [0, 0.05) is 23.1 Å². The monoisotopic (exact) mass is 356 g/mol. The Bertz CT molecular complexity index is 492. The van der Waals surface area contributed by atoms with Crippen LogP contribution in [0.15, 0.2) is 22.7 Å². The van der Waals surface area contributed by atoms with Gasteiger partial charge in [0.25, 0.3) is 0 Å². The fraction of sp³-hybridized carbons (Fsp3) is 0.467. The van der Waals surface area contributed by atoms with Crippen molar-refractivity contribution in [2.75, 3.05) is 11.9 Å². The normalized spacial score (nSPS) is 10.2. The number of unbranched alkanes of at least 4 members (excludes halogenated alkanes) is 2. The molecule has 0 atom stereocenters. The lowest BCUT2D eigenvalue weighted by Crippen LogP contribution is -2.29. The predicted octanol–water partition coefficient (Wildman–Crippen LogP) is 3.78. The van der Waals surface area contributed by atoms with Crippen molar-refractivity contribution in [3.05, 3.63) is 28.2 Å². The number of benzene rings is 1. The van der Waals surface area contributed by atoms with Gasteiger partial charge < -0.3 is 15.7 Å². The van der Waals surface area contributed by atoms with Crippen molar-refractivity contribution in [1.29, 1.82) is 0 Å². The maximum Gasteiger partial charge on any atom is 0.319 e. The van der Waals surface area contributed by atoms with Crippen LogP contribution in [0.4, 0.5) is 10.5 Å². The number of halogens is 1. The molecule has 5 nitrogen and oxygen atoms in total. The van der Waals surface area contributed by atoms with Gasteiger partial charge in [-0.2, -0.15) is 0 Å². The van der Waals surface area contributed by atoms with Gasteiger partial charge in [0.1, 0.15) is 0 Å². The Labute approximate surface area is 133 Å². The number of nitrogens with one attached hydrogen (secondary N) is 2. The summed E-state index contributed by atoms with van der Waals surface area (Å²) >= 11 is 3.41. The third-order valence-corrected chi connectivity index (χ3v) is 3.54. The fourth-order valence-corrected chi connectivity index (χ4v) is 2.33. The summed E-state index contributed by atoms with van der Waals surface area (Å²) in [6.45, 7) is 2.58. The predicted molar refractivity (Wildman–Crippen MR) is 86.6 cm³/mol. The van der Waals surface area contributed by atoms with E-state index in [2.05, 4.69) is 26.6 Å². The molecule has 0 aliphatic heterocycles. The number of carboxylic acid groups (broad SMARTS) is 1. The third-order valence-electron chi connectivity index (χ3n) is 3.05. The number of carboxylic acids is 1. The first kappa shape index (κ1) is 17.5. The van der Waals surface area contributed by atoms with Gasteiger partial charge in [-0.1, -0.05) is 29.3 Å². The molecule has 0 aliphatic carbocycles. The number of carbonyl (C=O) groups is 2. The molecule has 1 aromatic carbocycles. The van der Waals surface area contributed by atoms with Crippen LogP contribution >= 0.6 is 15.9 Å². The Morgan fingerprint density at radius 2 is 2.00 bits per heavy atom. The van der Waals surface area contributed by atoms with Crippen molar-refractivity contribution in [3.63, 3.8) is 0 Å². The van der Waals surface area contributed by atoms with E-state index in [-0.39, 0.29) is 12.5 Å². The molecule has 0 aliphatic rings. The molecule has 0 fully saturated rings. The highest BCUT2D eigenvalue weighted by atomic mass is 79.9. The van der Waals surface area contributed by atoms with Crippen molar-refractivity contribution < 1.29 is 14.7 Å². The Hall–Kier alpha value is -1.56. The smallest absolute Gasteiger partial charge is 0.319 e. The van der Waals surface area contributed by atoms with Crippen LogP contribution < -0.4 is 10.6 Å². The maximum absolute atomic E-state index is 11.8. The largest absolute Gasteiger partial charge is 0.481 e. The SMILES string of the molecule is CCc1cc(Br)ccc1NC(=O)NCCCCCC(=O)O. The summed E-state index contributed by atoms with van der Waals surface area (Å²) in [7, 11) is 0. The molecule has 0 saturated heterocycles. The maximum atomic E-state index is 11.8. The van der Waals surface area contributed by atoms with Gasteiger partial charge >= 0.3 is 12.0 Å². The van der Waals surface area contributed by atoms with Gasteiger partial charge in [0.05, 0.1) is 0 Å². The zero-order valence-corrected chi connectivity index (χ0v) is 13.7. The Morgan fingerprint density at radius 3 is 2.67 bits per heavy atom. The molecular formula is C15H21BrN2O3. The highest BCUT2D eigenvalue weighted by Gasteiger charge is 2.06. The van der Waals surface area contributed by atoms with E-state index in [9.17, 15) is 9.59 Å². The molecule has 6 heteroatoms. The van der Waals surface area contributed by atoms with Gasteiger partial charge in [0.2, 0.25) is 0 Å². The highest BCUT2D eigenvalue weighted by molar-refractivity contribution is 9.10. The van der Waals surface area contributed by atoms with Gasteiger partial charge in [-0.3, -0.25) is 4.79 Å². The molecule has 0 aromatic heterocycles. The summed E-state index contributed by atoms with van der Waals surface area (Å²) in [5.41, 5.74) is 1.88. The molecule has 116 valence electrons. The zero-order valence-electron chi connectivity index (χ0n) is 12.1. The lowest BCUT2D eigenvalue weighted by molar-refractivity contribution is -0.137. The molecular weight excluding hydrogens is 336 g/mol. The molecule has 1 rings (SSSR count). The summed E-state index contributed by atoms with van der Waals surface area (Å²) in [5.74, 6) is -0.775. The van der Waals surface area contributed by atoms with Gasteiger partial charge in [-0.25, -0.2) is 4.79 Å². The Morgan fingerprint density at radius 1 is 1.24 bits per heavy atom. The summed E-state index contributed by atoms with van der Waals surface area (Å²) in [4.78, 5) is 22.1. The number of carbonyl (C=O) groups excluding carboxylic acids is 1. The van der Waals surface area contributed by atoms with Crippen LogP contribution in [0.3, 0.4) is 0 Å². The third kappa shape index (κ3) is 7.13. The summed E-state index contributed by atoms with van der Waals surface area (Å²) in [5, 5.41) is 14.1. The summed E-state index contributed by atoms with van der Waals surface area (Å²) in [6.07, 6.45) is 3.24. The molecule has 0 radical (unpaired) electrons. The van der Waals surface area contributed by atoms with E-state index in [0.717, 1.165) is 35.0 Å². The van der Waals surface area contributed by atoms with E-state index < -0.39 is 5.97 Å². The number of anilines is 1. The van der Waals surface area contributed by atoms with Gasteiger partial charge in [-0.15, -0.1) is 0 Å². The molecule has 0 heterocycles. The molecule has 0 bridgehead atoms. The molecule has 0 spiro atoms. The second kappa shape index (κ2) is 9.39. The molecule has 21 heavy (non-hydrogen) atoms. The first-order valence-corrected chi connectivity index (χ1v) is 7.87. The quantitative estimate of drug-likeness (QED) is 0.620. The lowest BCUT2D eigenvalue weighted by atomic mass is 10.1. The van der Waals surface area contributed by atoms with Crippen LogP contribution in [0, 0.1) is 0 Å². The molecule has 0 saturated carbocycles. The number of hydrogen-bond acceptors (Lipinski definition) is 2. The van der Waals surface area contributed by atoms with Crippen molar-refractivity contribution >= 4 is 33.6 Å². The van der Waals surface area contributed by atoms with E-state index in [1.54, 1.807) is 0 Å². The first-order chi connectivity index (χ1) is 10.0. The van der Waals surface area contributed by atoms with Crippen molar-refractivity contribution in [2.24, 2.45) is 0 Å². The summed E-state index contributed by atoms with van der Waals surface area (Å²) < 4.78 is 0.990. The van der Waals surface area contributed by atoms with Crippen LogP contribution in [0.5, 0.6) is 0 Å². The van der Waals surface area contributed by atoms with Crippen LogP contribution in [-0.2, 0) is 11.2 Å². The molecule has 3 N–H and O–H groups in total. The molecule has 0 unspecified atom stereocenters. The highest BCUT2D eigenvalue weighted by Crippen LogP contribution is 2.21. The Balaban J connectivity index is 2.29. The second-order valence-corrected chi connectivity index (χ2v) is 5.66. The number of hydrogen-bond donors (Lipinski definition) is 3. The minimum absolute atomic E-state index is 0.185. The first-order valence-electron chi connectivity index (χ1n) is 7.08. The van der Waals surface area contributed by atoms with Crippen molar-refractivity contribution in [2.45, 2.75) is 39.0 Å². The average Bonchev–Trinajstić information content (AvgIpc) is 2.44. The van der Waals surface area contributed by atoms with E-state index in [4.69, 9.17) is 5.11 Å². The lowest BCUT2D eigenvalue weighted by Gasteiger charge is -2.11. The summed E-state index contributed by atoms with van der Waals surface area (Å²) in [6, 6.07) is 5.52. The van der Waals surface area contributed by atoms with E-state index in [1.807, 2.05) is 25.1 Å². The number of amides is 2. The second-order valence-electron chi connectivity index (χ2n) is 4.74. The topological polar surface area (TPSA) is 78.4 Å². The van der Waals surface area contributed by atoms with E-state index >= 15 is 0 Å². The minimum Gasteiger partial charge on any atom is -0.481 e. The van der Waals surface area contributed by atoms with Crippen molar-refractivity contribution in [1.82, 2.24) is 5.32 Å². The molecule has 2 amide bonds. The van der Waals surface area contributed by atoms with Crippen LogP contribution in [-0.4, -0.2) is 23.7 Å². The number of aryl methyl sites for hydroxylation is 1. The minimum atomic E-state index is -0.775. The Kier molecular flexibility index (Phi) is 7.82. The van der Waals surface area contributed by atoms with E-state index in [0.29, 0.717) is 13.0 Å². The van der Waals surface area contributed by atoms with Crippen LogP contribution in [0.1, 0.15) is 38.2 Å². The number of rotatable bonds is 8. The number of urea groups is 1. The molecule has 1 aromatic rings. The van der Waals surface area contributed by atoms with Gasteiger partial charge in [-0.05, 0) is 43.0 Å². The fourth-order valence-electron chi connectivity index (χ4n) is 1.92. The van der Waals surface area contributed by atoms with Crippen molar-refractivity contribution in [3.8, 4) is 0 Å². The van der Waals surface area contributed by atoms with Crippen LogP contribution in [0.25, 0.3) is 0 Å². The van der Waals surface area contributed by atoms with E-state index in [1.165, 1.54) is 0 Å². The average molecular weight is 357 g/mol. The van der Waals surface area contributed by atoms with Gasteiger partial charge in [0.15, 0.2) is 0 Å².